The molecule has 2 atom stereocenters. The van der Waals surface area contributed by atoms with Crippen molar-refractivity contribution >= 4 is 27.5 Å². The molecule has 9 heteroatoms. The van der Waals surface area contributed by atoms with Gasteiger partial charge in [0.1, 0.15) is 18.4 Å². The summed E-state index contributed by atoms with van der Waals surface area (Å²) in [7, 11) is -4.24. The standard InChI is InChI=1S/C31H38FN3O4S/c1-5-24(4)33-31(37)29(6-2)34(21-20-25-10-8-7-9-11-25)30(36)22-35(27-16-12-23(3)13-17-27)40(38,39)28-18-14-26(32)15-19-28/h7-19,24,29H,5-6,20-22H2,1-4H3,(H,33,37)/t24-,29-/m1/s1. The smallest absolute Gasteiger partial charge is 0.264 e. The van der Waals surface area contributed by atoms with Gasteiger partial charge in [-0.1, -0.05) is 61.9 Å². The first kappa shape index (κ1) is 30.8. The lowest BCUT2D eigenvalue weighted by Crippen LogP contribution is -2.54. The van der Waals surface area contributed by atoms with Crippen LogP contribution in [0.25, 0.3) is 0 Å². The Morgan fingerprint density at radius 2 is 1.52 bits per heavy atom. The lowest BCUT2D eigenvalue weighted by Gasteiger charge is -2.33. The number of amides is 2. The highest BCUT2D eigenvalue weighted by molar-refractivity contribution is 7.92. The second-order valence-corrected chi connectivity index (χ2v) is 11.7. The normalized spacial score (nSPS) is 12.8. The van der Waals surface area contributed by atoms with E-state index in [0.717, 1.165) is 34.0 Å². The summed E-state index contributed by atoms with van der Waals surface area (Å²) < 4.78 is 42.2. The third-order valence-electron chi connectivity index (χ3n) is 6.87. The number of halogens is 1. The van der Waals surface area contributed by atoms with Crippen LogP contribution in [0.4, 0.5) is 10.1 Å². The van der Waals surface area contributed by atoms with E-state index in [1.54, 1.807) is 24.3 Å². The summed E-state index contributed by atoms with van der Waals surface area (Å²) in [5, 5.41) is 2.97. The number of rotatable bonds is 13. The molecule has 40 heavy (non-hydrogen) atoms. The molecule has 0 aliphatic heterocycles. The Morgan fingerprint density at radius 3 is 2.10 bits per heavy atom. The molecule has 0 bridgehead atoms. The van der Waals surface area contributed by atoms with E-state index in [4.69, 9.17) is 0 Å². The van der Waals surface area contributed by atoms with Gasteiger partial charge in [0.15, 0.2) is 0 Å². The molecule has 0 aliphatic rings. The Labute approximate surface area is 237 Å². The summed E-state index contributed by atoms with van der Waals surface area (Å²) in [5.41, 5.74) is 2.21. The number of hydrogen-bond acceptors (Lipinski definition) is 4. The minimum absolute atomic E-state index is 0.0736. The molecule has 0 aromatic heterocycles. The predicted molar refractivity (Wildman–Crippen MR) is 156 cm³/mol. The van der Waals surface area contributed by atoms with E-state index in [0.29, 0.717) is 18.5 Å². The molecule has 0 fully saturated rings. The van der Waals surface area contributed by atoms with Crippen LogP contribution in [0.2, 0.25) is 0 Å². The summed E-state index contributed by atoms with van der Waals surface area (Å²) in [5.74, 6) is -1.35. The van der Waals surface area contributed by atoms with E-state index in [1.165, 1.54) is 17.0 Å². The van der Waals surface area contributed by atoms with Crippen molar-refractivity contribution in [2.45, 2.75) is 63.9 Å². The fourth-order valence-corrected chi connectivity index (χ4v) is 5.72. The SMILES string of the molecule is CC[C@@H](C)NC(=O)[C@@H](CC)N(CCc1ccccc1)C(=O)CN(c1ccc(C)cc1)S(=O)(=O)c1ccc(F)cc1. The number of hydrogen-bond donors (Lipinski definition) is 1. The summed E-state index contributed by atoms with van der Waals surface area (Å²) in [6.45, 7) is 7.27. The van der Waals surface area contributed by atoms with Crippen molar-refractivity contribution in [2.24, 2.45) is 0 Å². The Hall–Kier alpha value is -3.72. The summed E-state index contributed by atoms with van der Waals surface area (Å²) in [6, 6.07) is 20.0. The van der Waals surface area contributed by atoms with Crippen LogP contribution in [0.1, 0.15) is 44.7 Å². The van der Waals surface area contributed by atoms with Gasteiger partial charge in [-0.2, -0.15) is 0 Å². The largest absolute Gasteiger partial charge is 0.352 e. The molecule has 0 spiro atoms. The molecule has 0 radical (unpaired) electrons. The van der Waals surface area contributed by atoms with Crippen molar-refractivity contribution in [1.82, 2.24) is 10.2 Å². The van der Waals surface area contributed by atoms with Gasteiger partial charge in [0, 0.05) is 12.6 Å². The quantitative estimate of drug-likeness (QED) is 0.312. The topological polar surface area (TPSA) is 86.8 Å². The highest BCUT2D eigenvalue weighted by Gasteiger charge is 2.33. The van der Waals surface area contributed by atoms with Gasteiger partial charge >= 0.3 is 0 Å². The molecule has 0 saturated carbocycles. The second kappa shape index (κ2) is 14.1. The molecule has 3 aromatic carbocycles. The molecule has 0 saturated heterocycles. The number of aryl methyl sites for hydroxylation is 1. The Morgan fingerprint density at radius 1 is 0.900 bits per heavy atom. The van der Waals surface area contributed by atoms with E-state index in [9.17, 15) is 22.4 Å². The molecule has 0 aliphatic carbocycles. The molecular formula is C31H38FN3O4S. The Kier molecular flexibility index (Phi) is 10.8. The number of nitrogens with zero attached hydrogens (tertiary/aromatic N) is 2. The highest BCUT2D eigenvalue weighted by Crippen LogP contribution is 2.25. The van der Waals surface area contributed by atoms with Crippen molar-refractivity contribution in [1.29, 1.82) is 0 Å². The van der Waals surface area contributed by atoms with Crippen molar-refractivity contribution in [3.63, 3.8) is 0 Å². The third-order valence-corrected chi connectivity index (χ3v) is 8.66. The van der Waals surface area contributed by atoms with Crippen molar-refractivity contribution in [3.05, 3.63) is 95.8 Å². The summed E-state index contributed by atoms with van der Waals surface area (Å²) in [4.78, 5) is 28.6. The van der Waals surface area contributed by atoms with E-state index < -0.39 is 34.3 Å². The van der Waals surface area contributed by atoms with Gasteiger partial charge < -0.3 is 10.2 Å². The first-order valence-electron chi connectivity index (χ1n) is 13.6. The molecule has 214 valence electrons. The second-order valence-electron chi connectivity index (χ2n) is 9.87. The van der Waals surface area contributed by atoms with E-state index in [-0.39, 0.29) is 23.4 Å². The molecular weight excluding hydrogens is 529 g/mol. The number of sulfonamides is 1. The van der Waals surface area contributed by atoms with Crippen LogP contribution in [-0.2, 0) is 26.0 Å². The Bertz CT molecular complexity index is 1360. The summed E-state index contributed by atoms with van der Waals surface area (Å²) >= 11 is 0. The van der Waals surface area contributed by atoms with Gasteiger partial charge in [-0.25, -0.2) is 12.8 Å². The zero-order chi connectivity index (χ0) is 29.3. The fourth-order valence-electron chi connectivity index (χ4n) is 4.31. The minimum Gasteiger partial charge on any atom is -0.352 e. The molecule has 3 rings (SSSR count). The van der Waals surface area contributed by atoms with Gasteiger partial charge in [-0.3, -0.25) is 13.9 Å². The minimum atomic E-state index is -4.24. The first-order chi connectivity index (χ1) is 19.1. The monoisotopic (exact) mass is 567 g/mol. The van der Waals surface area contributed by atoms with E-state index >= 15 is 0 Å². The number of carbonyl (C=O) groups is 2. The van der Waals surface area contributed by atoms with Crippen LogP contribution in [0.5, 0.6) is 0 Å². The zero-order valence-electron chi connectivity index (χ0n) is 23.5. The average molecular weight is 568 g/mol. The summed E-state index contributed by atoms with van der Waals surface area (Å²) in [6.07, 6.45) is 1.59. The van der Waals surface area contributed by atoms with Gasteiger partial charge in [0.25, 0.3) is 10.0 Å². The third kappa shape index (κ3) is 7.91. The van der Waals surface area contributed by atoms with E-state index in [1.807, 2.05) is 58.0 Å². The van der Waals surface area contributed by atoms with Crippen LogP contribution < -0.4 is 9.62 Å². The number of carbonyl (C=O) groups excluding carboxylic acids is 2. The highest BCUT2D eigenvalue weighted by atomic mass is 32.2. The van der Waals surface area contributed by atoms with Crippen LogP contribution >= 0.6 is 0 Å². The van der Waals surface area contributed by atoms with Gasteiger partial charge in [0.05, 0.1) is 10.6 Å². The van der Waals surface area contributed by atoms with Crippen LogP contribution in [0, 0.1) is 12.7 Å². The maximum Gasteiger partial charge on any atom is 0.264 e. The zero-order valence-corrected chi connectivity index (χ0v) is 24.3. The van der Waals surface area contributed by atoms with Crippen molar-refractivity contribution in [3.8, 4) is 0 Å². The maximum atomic E-state index is 14.0. The molecule has 2 amide bonds. The molecule has 3 aromatic rings. The number of nitrogens with one attached hydrogen (secondary N) is 1. The van der Waals surface area contributed by atoms with Gasteiger partial charge in [-0.05, 0) is 75.1 Å². The van der Waals surface area contributed by atoms with Gasteiger partial charge in [-0.15, -0.1) is 0 Å². The molecule has 0 unspecified atom stereocenters. The average Bonchev–Trinajstić information content (AvgIpc) is 2.95. The van der Waals surface area contributed by atoms with Crippen molar-refractivity contribution in [2.75, 3.05) is 17.4 Å². The van der Waals surface area contributed by atoms with Crippen molar-refractivity contribution < 1.29 is 22.4 Å². The number of anilines is 1. The van der Waals surface area contributed by atoms with Crippen LogP contribution in [0.15, 0.2) is 83.8 Å². The predicted octanol–water partition coefficient (Wildman–Crippen LogP) is 5.09. The number of benzene rings is 3. The molecule has 0 heterocycles. The first-order valence-corrected chi connectivity index (χ1v) is 15.0. The Balaban J connectivity index is 2.00. The van der Waals surface area contributed by atoms with Crippen LogP contribution in [0.3, 0.4) is 0 Å². The lowest BCUT2D eigenvalue weighted by molar-refractivity contribution is -0.139. The van der Waals surface area contributed by atoms with Crippen LogP contribution in [-0.4, -0.2) is 50.3 Å². The van der Waals surface area contributed by atoms with Gasteiger partial charge in [0.2, 0.25) is 11.8 Å². The lowest BCUT2D eigenvalue weighted by atomic mass is 10.1. The fraction of sp³-hybridized carbons (Fsp3) is 0.355. The molecule has 7 nitrogen and oxygen atoms in total. The van der Waals surface area contributed by atoms with E-state index in [2.05, 4.69) is 5.32 Å². The molecule has 1 N–H and O–H groups in total. The maximum absolute atomic E-state index is 14.0.